The molecule has 1 heterocycles. The first-order valence-corrected chi connectivity index (χ1v) is 6.72. The maximum absolute atomic E-state index is 3.31. The van der Waals surface area contributed by atoms with Crippen LogP contribution in [0.4, 0.5) is 0 Å². The van der Waals surface area contributed by atoms with Crippen LogP contribution in [-0.4, -0.2) is 13.6 Å². The molecular formula is C14H19NS. The molecule has 0 aliphatic rings. The Morgan fingerprint density at radius 2 is 2.00 bits per heavy atom. The van der Waals surface area contributed by atoms with E-state index in [1.54, 1.807) is 0 Å². The molecule has 86 valence electrons. The van der Waals surface area contributed by atoms with Crippen LogP contribution in [0.5, 0.6) is 0 Å². The van der Waals surface area contributed by atoms with Gasteiger partial charge in [0.25, 0.3) is 0 Å². The van der Waals surface area contributed by atoms with Crippen LogP contribution in [0.15, 0.2) is 29.6 Å². The molecule has 0 aliphatic heterocycles. The Hall–Kier alpha value is -0.860. The molecule has 0 fully saturated rings. The highest BCUT2D eigenvalue weighted by molar-refractivity contribution is 7.17. The van der Waals surface area contributed by atoms with Crippen LogP contribution in [0, 0.1) is 5.92 Å². The average Bonchev–Trinajstić information content (AvgIpc) is 2.69. The van der Waals surface area contributed by atoms with Crippen molar-refractivity contribution in [1.82, 2.24) is 5.32 Å². The highest BCUT2D eigenvalue weighted by Crippen LogP contribution is 2.34. The van der Waals surface area contributed by atoms with Gasteiger partial charge >= 0.3 is 0 Å². The van der Waals surface area contributed by atoms with Crippen molar-refractivity contribution in [2.45, 2.75) is 19.8 Å². The third-order valence-electron chi connectivity index (χ3n) is 3.14. The molecule has 0 saturated carbocycles. The minimum Gasteiger partial charge on any atom is -0.319 e. The number of likely N-dealkylation sites (N-methyl/N-ethyl adjacent to an activating group) is 1. The van der Waals surface area contributed by atoms with E-state index in [2.05, 4.69) is 48.8 Å². The summed E-state index contributed by atoms with van der Waals surface area (Å²) in [6.45, 7) is 5.65. The molecule has 2 heteroatoms. The largest absolute Gasteiger partial charge is 0.319 e. The van der Waals surface area contributed by atoms with Crippen molar-refractivity contribution < 1.29 is 0 Å². The maximum atomic E-state index is 3.31. The third kappa shape index (κ3) is 2.13. The predicted octanol–water partition coefficient (Wildman–Crippen LogP) is 3.86. The normalized spacial score (nSPS) is 13.5. The SMILES string of the molecule is CNCC(c1csc2ccccc12)C(C)C. The Kier molecular flexibility index (Phi) is 3.62. The van der Waals surface area contributed by atoms with Gasteiger partial charge in [-0.25, -0.2) is 0 Å². The molecule has 2 rings (SSSR count). The van der Waals surface area contributed by atoms with Gasteiger partial charge in [0.05, 0.1) is 0 Å². The molecule has 0 bridgehead atoms. The molecule has 1 N–H and O–H groups in total. The smallest absolute Gasteiger partial charge is 0.0345 e. The molecule has 0 amide bonds. The number of hydrogen-bond acceptors (Lipinski definition) is 2. The first-order chi connectivity index (χ1) is 7.74. The summed E-state index contributed by atoms with van der Waals surface area (Å²) in [5.74, 6) is 1.28. The summed E-state index contributed by atoms with van der Waals surface area (Å²) in [5, 5.41) is 7.06. The Morgan fingerprint density at radius 1 is 1.25 bits per heavy atom. The number of rotatable bonds is 4. The van der Waals surface area contributed by atoms with Crippen molar-refractivity contribution in [3.63, 3.8) is 0 Å². The summed E-state index contributed by atoms with van der Waals surface area (Å²) >= 11 is 1.86. The van der Waals surface area contributed by atoms with E-state index in [1.807, 2.05) is 18.4 Å². The lowest BCUT2D eigenvalue weighted by Crippen LogP contribution is -2.21. The van der Waals surface area contributed by atoms with Gasteiger partial charge in [0.1, 0.15) is 0 Å². The average molecular weight is 233 g/mol. The van der Waals surface area contributed by atoms with Crippen LogP contribution in [0.1, 0.15) is 25.3 Å². The van der Waals surface area contributed by atoms with E-state index in [4.69, 9.17) is 0 Å². The molecule has 0 spiro atoms. The van der Waals surface area contributed by atoms with Crippen molar-refractivity contribution >= 4 is 21.4 Å². The van der Waals surface area contributed by atoms with Gasteiger partial charge in [0.15, 0.2) is 0 Å². The van der Waals surface area contributed by atoms with Gasteiger partial charge < -0.3 is 5.32 Å². The second kappa shape index (κ2) is 4.98. The predicted molar refractivity (Wildman–Crippen MR) is 73.3 cm³/mol. The standard InChI is InChI=1S/C14H19NS/c1-10(2)12(8-15-3)13-9-16-14-7-5-4-6-11(13)14/h4-7,9-10,12,15H,8H2,1-3H3. The maximum Gasteiger partial charge on any atom is 0.0345 e. The lowest BCUT2D eigenvalue weighted by molar-refractivity contribution is 0.482. The van der Waals surface area contributed by atoms with E-state index in [0.717, 1.165) is 6.54 Å². The first kappa shape index (κ1) is 11.6. The van der Waals surface area contributed by atoms with Crippen LogP contribution in [0.2, 0.25) is 0 Å². The number of nitrogens with one attached hydrogen (secondary N) is 1. The zero-order valence-corrected chi connectivity index (χ0v) is 11.0. The van der Waals surface area contributed by atoms with Gasteiger partial charge in [-0.15, -0.1) is 11.3 Å². The van der Waals surface area contributed by atoms with Gasteiger partial charge in [-0.2, -0.15) is 0 Å². The minimum atomic E-state index is 0.612. The topological polar surface area (TPSA) is 12.0 Å². The Balaban J connectivity index is 2.44. The van der Waals surface area contributed by atoms with Crippen molar-refractivity contribution in [3.8, 4) is 0 Å². The molecule has 0 saturated heterocycles. The second-order valence-electron chi connectivity index (χ2n) is 4.60. The molecule has 16 heavy (non-hydrogen) atoms. The molecule has 1 atom stereocenters. The Bertz CT molecular complexity index is 458. The lowest BCUT2D eigenvalue weighted by atomic mass is 9.88. The van der Waals surface area contributed by atoms with Crippen LogP contribution in [-0.2, 0) is 0 Å². The van der Waals surface area contributed by atoms with Crippen LogP contribution in [0.25, 0.3) is 10.1 Å². The molecular weight excluding hydrogens is 214 g/mol. The monoisotopic (exact) mass is 233 g/mol. The second-order valence-corrected chi connectivity index (χ2v) is 5.51. The number of hydrogen-bond donors (Lipinski definition) is 1. The summed E-state index contributed by atoms with van der Waals surface area (Å²) in [5.41, 5.74) is 1.50. The van der Waals surface area contributed by atoms with Crippen LogP contribution < -0.4 is 5.32 Å². The lowest BCUT2D eigenvalue weighted by Gasteiger charge is -2.20. The molecule has 1 aromatic carbocycles. The summed E-state index contributed by atoms with van der Waals surface area (Å²) in [6, 6.07) is 8.70. The van der Waals surface area contributed by atoms with Gasteiger partial charge in [0, 0.05) is 17.2 Å². The molecule has 0 aliphatic carbocycles. The highest BCUT2D eigenvalue weighted by atomic mass is 32.1. The highest BCUT2D eigenvalue weighted by Gasteiger charge is 2.18. The van der Waals surface area contributed by atoms with Gasteiger partial charge in [-0.1, -0.05) is 32.0 Å². The summed E-state index contributed by atoms with van der Waals surface area (Å²) in [7, 11) is 2.03. The molecule has 1 aromatic heterocycles. The molecule has 1 unspecified atom stereocenters. The summed E-state index contributed by atoms with van der Waals surface area (Å²) < 4.78 is 1.40. The van der Waals surface area contributed by atoms with Crippen LogP contribution >= 0.6 is 11.3 Å². The van der Waals surface area contributed by atoms with Gasteiger partial charge in [0.2, 0.25) is 0 Å². The van der Waals surface area contributed by atoms with Crippen molar-refractivity contribution in [1.29, 1.82) is 0 Å². The number of benzene rings is 1. The van der Waals surface area contributed by atoms with Crippen molar-refractivity contribution in [3.05, 3.63) is 35.2 Å². The fourth-order valence-corrected chi connectivity index (χ4v) is 3.24. The fraction of sp³-hybridized carbons (Fsp3) is 0.429. The van der Waals surface area contributed by atoms with E-state index < -0.39 is 0 Å². The number of thiophene rings is 1. The van der Waals surface area contributed by atoms with E-state index in [0.29, 0.717) is 11.8 Å². The molecule has 2 aromatic rings. The minimum absolute atomic E-state index is 0.612. The van der Waals surface area contributed by atoms with E-state index in [1.165, 1.54) is 15.6 Å². The third-order valence-corrected chi connectivity index (χ3v) is 4.12. The van der Waals surface area contributed by atoms with E-state index in [-0.39, 0.29) is 0 Å². The fourth-order valence-electron chi connectivity index (χ4n) is 2.21. The first-order valence-electron chi connectivity index (χ1n) is 5.84. The van der Waals surface area contributed by atoms with E-state index >= 15 is 0 Å². The Morgan fingerprint density at radius 3 is 2.69 bits per heavy atom. The van der Waals surface area contributed by atoms with Crippen molar-refractivity contribution in [2.24, 2.45) is 5.92 Å². The molecule has 0 radical (unpaired) electrons. The van der Waals surface area contributed by atoms with E-state index in [9.17, 15) is 0 Å². The summed E-state index contributed by atoms with van der Waals surface area (Å²) in [6.07, 6.45) is 0. The van der Waals surface area contributed by atoms with Crippen molar-refractivity contribution in [2.75, 3.05) is 13.6 Å². The zero-order chi connectivity index (χ0) is 11.5. The Labute approximate surface area is 101 Å². The molecule has 1 nitrogen and oxygen atoms in total. The summed E-state index contributed by atoms with van der Waals surface area (Å²) in [4.78, 5) is 0. The van der Waals surface area contributed by atoms with Crippen LogP contribution in [0.3, 0.4) is 0 Å². The van der Waals surface area contributed by atoms with Gasteiger partial charge in [-0.3, -0.25) is 0 Å². The zero-order valence-electron chi connectivity index (χ0n) is 10.2. The van der Waals surface area contributed by atoms with Gasteiger partial charge in [-0.05, 0) is 35.4 Å². The number of fused-ring (bicyclic) bond motifs is 1. The quantitative estimate of drug-likeness (QED) is 0.845.